The SMILES string of the molecule is CN(CCNS(=O)(=O)c1cc(Cl)sc1Cl)C1CC1. The predicted molar refractivity (Wildman–Crippen MR) is 75.2 cm³/mol. The average molecular weight is 329 g/mol. The van der Waals surface area contributed by atoms with Gasteiger partial charge in [0.25, 0.3) is 0 Å². The molecule has 0 bridgehead atoms. The van der Waals surface area contributed by atoms with Gasteiger partial charge in [-0.05, 0) is 26.0 Å². The van der Waals surface area contributed by atoms with Crippen LogP contribution in [-0.2, 0) is 10.0 Å². The Morgan fingerprint density at radius 1 is 1.50 bits per heavy atom. The van der Waals surface area contributed by atoms with Crippen molar-refractivity contribution in [2.75, 3.05) is 20.1 Å². The molecule has 1 N–H and O–H groups in total. The fourth-order valence-electron chi connectivity index (χ4n) is 1.64. The zero-order chi connectivity index (χ0) is 13.3. The Balaban J connectivity index is 1.92. The Hall–Kier alpha value is 0.150. The van der Waals surface area contributed by atoms with Gasteiger partial charge in [-0.15, -0.1) is 11.3 Å². The van der Waals surface area contributed by atoms with Gasteiger partial charge in [-0.1, -0.05) is 23.2 Å². The lowest BCUT2D eigenvalue weighted by Gasteiger charge is -2.15. The topological polar surface area (TPSA) is 49.4 Å². The molecule has 1 heterocycles. The first kappa shape index (κ1) is 14.6. The van der Waals surface area contributed by atoms with Crippen LogP contribution in [0.1, 0.15) is 12.8 Å². The van der Waals surface area contributed by atoms with Crippen molar-refractivity contribution in [3.63, 3.8) is 0 Å². The molecule has 1 fully saturated rings. The molecule has 1 aliphatic rings. The minimum atomic E-state index is -3.55. The summed E-state index contributed by atoms with van der Waals surface area (Å²) in [5, 5.41) is 0. The Labute approximate surface area is 121 Å². The van der Waals surface area contributed by atoms with Crippen LogP contribution in [0.15, 0.2) is 11.0 Å². The maximum atomic E-state index is 12.0. The zero-order valence-corrected chi connectivity index (χ0v) is 13.0. The molecule has 4 nitrogen and oxygen atoms in total. The van der Waals surface area contributed by atoms with Crippen molar-refractivity contribution in [1.82, 2.24) is 9.62 Å². The molecule has 0 atom stereocenters. The number of hydrogen-bond donors (Lipinski definition) is 1. The number of rotatable bonds is 6. The molecule has 1 aliphatic carbocycles. The first-order chi connectivity index (χ1) is 8.40. The number of nitrogens with one attached hydrogen (secondary N) is 1. The summed E-state index contributed by atoms with van der Waals surface area (Å²) in [7, 11) is -1.55. The lowest BCUT2D eigenvalue weighted by Crippen LogP contribution is -2.33. The second-order valence-corrected chi connectivity index (χ2v) is 8.32. The highest BCUT2D eigenvalue weighted by molar-refractivity contribution is 7.89. The fraction of sp³-hybridized carbons (Fsp3) is 0.600. The molecule has 1 saturated carbocycles. The monoisotopic (exact) mass is 328 g/mol. The normalized spacial score (nSPS) is 16.4. The summed E-state index contributed by atoms with van der Waals surface area (Å²) >= 11 is 12.6. The van der Waals surface area contributed by atoms with Crippen molar-refractivity contribution < 1.29 is 8.42 Å². The molecular formula is C10H14Cl2N2O2S2. The average Bonchev–Trinajstić information content (AvgIpc) is 3.04. The number of thiophene rings is 1. The van der Waals surface area contributed by atoms with E-state index in [1.54, 1.807) is 0 Å². The summed E-state index contributed by atoms with van der Waals surface area (Å²) in [4.78, 5) is 2.22. The molecule has 0 unspecified atom stereocenters. The smallest absolute Gasteiger partial charge is 0.243 e. The van der Waals surface area contributed by atoms with Crippen LogP contribution in [0.25, 0.3) is 0 Å². The van der Waals surface area contributed by atoms with Gasteiger partial charge in [0.05, 0.1) is 4.34 Å². The lowest BCUT2D eigenvalue weighted by molar-refractivity contribution is 0.329. The van der Waals surface area contributed by atoms with E-state index in [0.29, 0.717) is 23.5 Å². The Morgan fingerprint density at radius 2 is 2.17 bits per heavy atom. The van der Waals surface area contributed by atoms with E-state index in [1.807, 2.05) is 7.05 Å². The highest BCUT2D eigenvalue weighted by Gasteiger charge is 2.26. The minimum absolute atomic E-state index is 0.0632. The van der Waals surface area contributed by atoms with E-state index in [0.717, 1.165) is 11.3 Å². The van der Waals surface area contributed by atoms with Gasteiger partial charge in [0.15, 0.2) is 0 Å². The summed E-state index contributed by atoms with van der Waals surface area (Å²) in [5.41, 5.74) is 0. The zero-order valence-electron chi connectivity index (χ0n) is 9.82. The van der Waals surface area contributed by atoms with Gasteiger partial charge in [0, 0.05) is 19.1 Å². The van der Waals surface area contributed by atoms with Gasteiger partial charge in [-0.2, -0.15) is 0 Å². The Bertz CT molecular complexity index is 526. The van der Waals surface area contributed by atoms with Crippen LogP contribution >= 0.6 is 34.5 Å². The van der Waals surface area contributed by atoms with Crippen molar-refractivity contribution in [2.24, 2.45) is 0 Å². The molecular weight excluding hydrogens is 315 g/mol. The first-order valence-electron chi connectivity index (χ1n) is 5.55. The Morgan fingerprint density at radius 3 is 2.67 bits per heavy atom. The third kappa shape index (κ3) is 3.59. The first-order valence-corrected chi connectivity index (χ1v) is 8.60. The van der Waals surface area contributed by atoms with E-state index >= 15 is 0 Å². The molecule has 0 radical (unpaired) electrons. The largest absolute Gasteiger partial charge is 0.302 e. The maximum Gasteiger partial charge on any atom is 0.243 e. The third-order valence-electron chi connectivity index (χ3n) is 2.84. The highest BCUT2D eigenvalue weighted by Crippen LogP contribution is 2.34. The second kappa shape index (κ2) is 5.64. The van der Waals surface area contributed by atoms with Crippen molar-refractivity contribution >= 4 is 44.6 Å². The van der Waals surface area contributed by atoms with Crippen molar-refractivity contribution in [3.8, 4) is 0 Å². The molecule has 2 rings (SSSR count). The lowest BCUT2D eigenvalue weighted by atomic mass is 10.5. The van der Waals surface area contributed by atoms with Gasteiger partial charge in [0.2, 0.25) is 10.0 Å². The van der Waals surface area contributed by atoms with Crippen LogP contribution in [0, 0.1) is 0 Å². The van der Waals surface area contributed by atoms with Crippen molar-refractivity contribution in [3.05, 3.63) is 14.7 Å². The highest BCUT2D eigenvalue weighted by atomic mass is 35.5. The fourth-order valence-corrected chi connectivity index (χ4v) is 4.81. The minimum Gasteiger partial charge on any atom is -0.302 e. The van der Waals surface area contributed by atoms with Gasteiger partial charge >= 0.3 is 0 Å². The van der Waals surface area contributed by atoms with Crippen LogP contribution in [0.2, 0.25) is 8.67 Å². The van der Waals surface area contributed by atoms with E-state index in [4.69, 9.17) is 23.2 Å². The molecule has 0 amide bonds. The van der Waals surface area contributed by atoms with Gasteiger partial charge in [-0.25, -0.2) is 13.1 Å². The van der Waals surface area contributed by atoms with Crippen molar-refractivity contribution in [1.29, 1.82) is 0 Å². The molecule has 0 saturated heterocycles. The van der Waals surface area contributed by atoms with Gasteiger partial charge in [-0.3, -0.25) is 0 Å². The summed E-state index contributed by atoms with van der Waals surface area (Å²) in [6, 6.07) is 2.00. The summed E-state index contributed by atoms with van der Waals surface area (Å²) < 4.78 is 27.0. The van der Waals surface area contributed by atoms with E-state index in [2.05, 4.69) is 9.62 Å². The summed E-state index contributed by atoms with van der Waals surface area (Å²) in [6.45, 7) is 1.07. The molecule has 18 heavy (non-hydrogen) atoms. The number of hydrogen-bond acceptors (Lipinski definition) is 4. The van der Waals surface area contributed by atoms with Crippen molar-refractivity contribution in [2.45, 2.75) is 23.8 Å². The van der Waals surface area contributed by atoms with E-state index in [9.17, 15) is 8.42 Å². The van der Waals surface area contributed by atoms with E-state index in [1.165, 1.54) is 18.9 Å². The van der Waals surface area contributed by atoms with Crippen LogP contribution < -0.4 is 4.72 Å². The third-order valence-corrected chi connectivity index (χ3v) is 6.06. The van der Waals surface area contributed by atoms with E-state index < -0.39 is 10.0 Å². The molecule has 8 heteroatoms. The number of nitrogens with zero attached hydrogens (tertiary/aromatic N) is 1. The van der Waals surface area contributed by atoms with Crippen LogP contribution in [-0.4, -0.2) is 39.5 Å². The number of sulfonamides is 1. The molecule has 0 aromatic carbocycles. The molecule has 0 spiro atoms. The molecule has 1 aromatic rings. The second-order valence-electron chi connectivity index (χ2n) is 4.30. The van der Waals surface area contributed by atoms with Gasteiger partial charge < -0.3 is 4.90 Å². The van der Waals surface area contributed by atoms with E-state index in [-0.39, 0.29) is 9.23 Å². The number of likely N-dealkylation sites (N-methyl/N-ethyl adjacent to an activating group) is 1. The summed E-state index contributed by atoms with van der Waals surface area (Å²) in [5.74, 6) is 0. The maximum absolute atomic E-state index is 12.0. The van der Waals surface area contributed by atoms with Gasteiger partial charge in [0.1, 0.15) is 9.23 Å². The summed E-state index contributed by atoms with van der Waals surface area (Å²) in [6.07, 6.45) is 2.41. The molecule has 0 aliphatic heterocycles. The molecule has 1 aromatic heterocycles. The Kier molecular flexibility index (Phi) is 4.57. The predicted octanol–water partition coefficient (Wildman–Crippen LogP) is 2.43. The standard InChI is InChI=1S/C10H14Cl2N2O2S2/c1-14(7-2-3-7)5-4-13-18(15,16)8-6-9(11)17-10(8)12/h6-7,13H,2-5H2,1H3. The number of halogens is 2. The molecule has 102 valence electrons. The quantitative estimate of drug-likeness (QED) is 0.872. The van der Waals surface area contributed by atoms with Crippen LogP contribution in [0.3, 0.4) is 0 Å². The van der Waals surface area contributed by atoms with Crippen LogP contribution in [0.4, 0.5) is 0 Å². The van der Waals surface area contributed by atoms with Crippen LogP contribution in [0.5, 0.6) is 0 Å².